The molecule has 1 unspecified atom stereocenters. The zero-order valence-corrected chi connectivity index (χ0v) is 11.1. The largest absolute Gasteiger partial charge is 0.484 e. The molecule has 0 saturated heterocycles. The summed E-state index contributed by atoms with van der Waals surface area (Å²) in [4.78, 5) is 11.8. The van der Waals surface area contributed by atoms with Gasteiger partial charge in [0.2, 0.25) is 0 Å². The minimum atomic E-state index is -0.174. The molecule has 2 aromatic rings. The van der Waals surface area contributed by atoms with Crippen LogP contribution in [0.4, 0.5) is 0 Å². The van der Waals surface area contributed by atoms with E-state index in [2.05, 4.69) is 5.32 Å². The highest BCUT2D eigenvalue weighted by Gasteiger charge is 2.12. The molecule has 0 saturated carbocycles. The molecule has 2 rings (SSSR count). The van der Waals surface area contributed by atoms with Crippen LogP contribution in [0.15, 0.2) is 47.1 Å². The maximum absolute atomic E-state index is 11.8. The van der Waals surface area contributed by atoms with Gasteiger partial charge in [-0.15, -0.1) is 0 Å². The van der Waals surface area contributed by atoms with Gasteiger partial charge in [0.1, 0.15) is 11.5 Å². The first-order valence-electron chi connectivity index (χ1n) is 6.18. The molecule has 0 aliphatic heterocycles. The van der Waals surface area contributed by atoms with E-state index in [1.807, 2.05) is 44.2 Å². The highest BCUT2D eigenvalue weighted by atomic mass is 16.5. The summed E-state index contributed by atoms with van der Waals surface area (Å²) in [6.07, 6.45) is 1.59. The van der Waals surface area contributed by atoms with Gasteiger partial charge in [-0.3, -0.25) is 4.79 Å². The van der Waals surface area contributed by atoms with E-state index in [4.69, 9.17) is 9.15 Å². The average molecular weight is 259 g/mol. The molecule has 4 heteroatoms. The van der Waals surface area contributed by atoms with Gasteiger partial charge < -0.3 is 14.5 Å². The van der Waals surface area contributed by atoms with Crippen molar-refractivity contribution in [1.29, 1.82) is 0 Å². The standard InChI is InChI=1S/C15H17NO3/c1-11-6-3-4-7-13(11)19-10-15(17)16-12(2)14-8-5-9-18-14/h3-9,12H,10H2,1-2H3,(H,16,17). The Morgan fingerprint density at radius 1 is 1.32 bits per heavy atom. The van der Waals surface area contributed by atoms with Crippen molar-refractivity contribution in [3.63, 3.8) is 0 Å². The molecule has 1 amide bonds. The Kier molecular flexibility index (Phi) is 4.23. The Labute approximate surface area is 112 Å². The second-order valence-corrected chi connectivity index (χ2v) is 4.36. The van der Waals surface area contributed by atoms with Gasteiger partial charge in [0.15, 0.2) is 6.61 Å². The molecule has 0 aliphatic carbocycles. The highest BCUT2D eigenvalue weighted by Crippen LogP contribution is 2.16. The van der Waals surface area contributed by atoms with Gasteiger partial charge in [0.25, 0.3) is 5.91 Å². The number of para-hydroxylation sites is 1. The number of carbonyl (C=O) groups excluding carboxylic acids is 1. The van der Waals surface area contributed by atoms with Crippen LogP contribution >= 0.6 is 0 Å². The number of hydrogen-bond acceptors (Lipinski definition) is 3. The lowest BCUT2D eigenvalue weighted by atomic mass is 10.2. The molecular formula is C15H17NO3. The van der Waals surface area contributed by atoms with Gasteiger partial charge in [0, 0.05) is 0 Å². The number of nitrogens with one attached hydrogen (secondary N) is 1. The van der Waals surface area contributed by atoms with Crippen LogP contribution < -0.4 is 10.1 Å². The van der Waals surface area contributed by atoms with E-state index in [9.17, 15) is 4.79 Å². The Balaban J connectivity index is 1.84. The van der Waals surface area contributed by atoms with E-state index in [0.717, 1.165) is 17.1 Å². The van der Waals surface area contributed by atoms with Crippen LogP contribution in [0, 0.1) is 6.92 Å². The van der Waals surface area contributed by atoms with Gasteiger partial charge in [-0.1, -0.05) is 18.2 Å². The maximum Gasteiger partial charge on any atom is 0.258 e. The predicted molar refractivity (Wildman–Crippen MR) is 71.9 cm³/mol. The van der Waals surface area contributed by atoms with E-state index in [1.165, 1.54) is 0 Å². The summed E-state index contributed by atoms with van der Waals surface area (Å²) in [6.45, 7) is 3.80. The van der Waals surface area contributed by atoms with Crippen LogP contribution in [0.1, 0.15) is 24.3 Å². The molecular weight excluding hydrogens is 242 g/mol. The third-order valence-electron chi connectivity index (χ3n) is 2.80. The van der Waals surface area contributed by atoms with Crippen molar-refractivity contribution in [1.82, 2.24) is 5.32 Å². The predicted octanol–water partition coefficient (Wildman–Crippen LogP) is 2.84. The van der Waals surface area contributed by atoms with Crippen LogP contribution in [0.25, 0.3) is 0 Å². The second-order valence-electron chi connectivity index (χ2n) is 4.36. The lowest BCUT2D eigenvalue weighted by Gasteiger charge is -2.12. The van der Waals surface area contributed by atoms with Crippen LogP contribution in [0.3, 0.4) is 0 Å². The molecule has 1 atom stereocenters. The molecule has 1 N–H and O–H groups in total. The van der Waals surface area contributed by atoms with Crippen molar-refractivity contribution in [2.24, 2.45) is 0 Å². The van der Waals surface area contributed by atoms with E-state index >= 15 is 0 Å². The molecule has 1 heterocycles. The normalized spacial score (nSPS) is 11.9. The monoisotopic (exact) mass is 259 g/mol. The summed E-state index contributed by atoms with van der Waals surface area (Å²) in [5.41, 5.74) is 1.01. The quantitative estimate of drug-likeness (QED) is 0.898. The third kappa shape index (κ3) is 3.61. The minimum Gasteiger partial charge on any atom is -0.484 e. The molecule has 0 bridgehead atoms. The molecule has 0 spiro atoms. The fourth-order valence-corrected chi connectivity index (χ4v) is 1.75. The number of furan rings is 1. The fourth-order valence-electron chi connectivity index (χ4n) is 1.75. The number of rotatable bonds is 5. The Hall–Kier alpha value is -2.23. The molecule has 0 fully saturated rings. The van der Waals surface area contributed by atoms with E-state index in [-0.39, 0.29) is 18.6 Å². The summed E-state index contributed by atoms with van der Waals surface area (Å²) in [5.74, 6) is 1.28. The van der Waals surface area contributed by atoms with Crippen molar-refractivity contribution in [2.45, 2.75) is 19.9 Å². The van der Waals surface area contributed by atoms with Gasteiger partial charge in [0.05, 0.1) is 12.3 Å². The molecule has 0 aliphatic rings. The zero-order chi connectivity index (χ0) is 13.7. The number of benzene rings is 1. The highest BCUT2D eigenvalue weighted by molar-refractivity contribution is 5.77. The smallest absolute Gasteiger partial charge is 0.258 e. The van der Waals surface area contributed by atoms with Crippen molar-refractivity contribution in [3.8, 4) is 5.75 Å². The molecule has 4 nitrogen and oxygen atoms in total. The SMILES string of the molecule is Cc1ccccc1OCC(=O)NC(C)c1ccco1. The van der Waals surface area contributed by atoms with Crippen molar-refractivity contribution < 1.29 is 13.9 Å². The summed E-state index contributed by atoms with van der Waals surface area (Å²) in [6, 6.07) is 11.1. The first-order valence-corrected chi connectivity index (χ1v) is 6.18. The van der Waals surface area contributed by atoms with Gasteiger partial charge >= 0.3 is 0 Å². The second kappa shape index (κ2) is 6.09. The summed E-state index contributed by atoms with van der Waals surface area (Å²) >= 11 is 0. The Bertz CT molecular complexity index is 534. The first kappa shape index (κ1) is 13.2. The molecule has 1 aromatic heterocycles. The topological polar surface area (TPSA) is 51.5 Å². The Morgan fingerprint density at radius 3 is 2.79 bits per heavy atom. The van der Waals surface area contributed by atoms with Gasteiger partial charge in [-0.05, 0) is 37.6 Å². The van der Waals surface area contributed by atoms with Crippen LogP contribution in [0.2, 0.25) is 0 Å². The summed E-state index contributed by atoms with van der Waals surface area (Å²) < 4.78 is 10.7. The zero-order valence-electron chi connectivity index (χ0n) is 11.1. The number of amides is 1. The molecule has 19 heavy (non-hydrogen) atoms. The van der Waals surface area contributed by atoms with Crippen LogP contribution in [-0.4, -0.2) is 12.5 Å². The van der Waals surface area contributed by atoms with Crippen LogP contribution in [0.5, 0.6) is 5.75 Å². The number of aryl methyl sites for hydroxylation is 1. The summed E-state index contributed by atoms with van der Waals surface area (Å²) in [5, 5.41) is 2.81. The minimum absolute atomic E-state index is 0.00407. The number of hydrogen-bond donors (Lipinski definition) is 1. The van der Waals surface area contributed by atoms with E-state index < -0.39 is 0 Å². The molecule has 100 valence electrons. The Morgan fingerprint density at radius 2 is 2.11 bits per heavy atom. The van der Waals surface area contributed by atoms with Crippen molar-refractivity contribution in [3.05, 3.63) is 54.0 Å². The molecule has 1 aromatic carbocycles. The third-order valence-corrected chi connectivity index (χ3v) is 2.80. The number of carbonyl (C=O) groups is 1. The lowest BCUT2D eigenvalue weighted by Crippen LogP contribution is -2.31. The lowest BCUT2D eigenvalue weighted by molar-refractivity contribution is -0.123. The van der Waals surface area contributed by atoms with E-state index in [1.54, 1.807) is 12.3 Å². The first-order chi connectivity index (χ1) is 9.16. The number of ether oxygens (including phenoxy) is 1. The molecule has 0 radical (unpaired) electrons. The maximum atomic E-state index is 11.8. The van der Waals surface area contributed by atoms with Gasteiger partial charge in [-0.2, -0.15) is 0 Å². The fraction of sp³-hybridized carbons (Fsp3) is 0.267. The van der Waals surface area contributed by atoms with Gasteiger partial charge in [-0.25, -0.2) is 0 Å². The van der Waals surface area contributed by atoms with E-state index in [0.29, 0.717) is 0 Å². The average Bonchev–Trinajstić information content (AvgIpc) is 2.91. The van der Waals surface area contributed by atoms with Crippen molar-refractivity contribution >= 4 is 5.91 Å². The van der Waals surface area contributed by atoms with Crippen molar-refractivity contribution in [2.75, 3.05) is 6.61 Å². The summed E-state index contributed by atoms with van der Waals surface area (Å²) in [7, 11) is 0. The van der Waals surface area contributed by atoms with Crippen LogP contribution in [-0.2, 0) is 4.79 Å².